The highest BCUT2D eigenvalue weighted by Crippen LogP contribution is 2.32. The molecule has 0 aliphatic carbocycles. The Morgan fingerprint density at radius 1 is 1.23 bits per heavy atom. The number of aromatic nitrogens is 4. The van der Waals surface area contributed by atoms with E-state index in [4.69, 9.17) is 0 Å². The molecule has 0 spiro atoms. The van der Waals surface area contributed by atoms with Crippen LogP contribution in [0.15, 0.2) is 52.3 Å². The van der Waals surface area contributed by atoms with Crippen LogP contribution in [0.5, 0.6) is 0 Å². The van der Waals surface area contributed by atoms with Gasteiger partial charge in [-0.25, -0.2) is 4.98 Å². The second kappa shape index (κ2) is 9.76. The maximum Gasteiger partial charge on any atom is 0.270 e. The van der Waals surface area contributed by atoms with Crippen molar-refractivity contribution in [3.63, 3.8) is 0 Å². The molecule has 3 aromatic heterocycles. The number of carbonyl (C=O) groups is 1. The van der Waals surface area contributed by atoms with Crippen LogP contribution in [0.1, 0.15) is 41.3 Å². The first-order valence-corrected chi connectivity index (χ1v) is 12.7. The fraction of sp³-hybridized carbons (Fsp3) is 0.273. The Labute approximate surface area is 193 Å². The first kappa shape index (κ1) is 21.7. The van der Waals surface area contributed by atoms with E-state index in [1.165, 1.54) is 16.9 Å². The summed E-state index contributed by atoms with van der Waals surface area (Å²) in [6.07, 6.45) is 0.889. The van der Waals surface area contributed by atoms with Gasteiger partial charge in [0.05, 0.1) is 16.3 Å². The highest BCUT2D eigenvalue weighted by atomic mass is 32.2. The lowest BCUT2D eigenvalue weighted by atomic mass is 10.2. The quantitative estimate of drug-likeness (QED) is 0.341. The van der Waals surface area contributed by atoms with Crippen molar-refractivity contribution in [2.45, 2.75) is 44.1 Å². The molecule has 9 heteroatoms. The number of benzene rings is 1. The lowest BCUT2D eigenvalue weighted by molar-refractivity contribution is 0.0935. The van der Waals surface area contributed by atoms with Gasteiger partial charge in [0.15, 0.2) is 11.0 Å². The first-order chi connectivity index (χ1) is 15.0. The second-order valence-electron chi connectivity index (χ2n) is 7.16. The molecule has 0 saturated heterocycles. The van der Waals surface area contributed by atoms with Gasteiger partial charge in [0.1, 0.15) is 10.7 Å². The number of thioether (sulfide) groups is 1. The van der Waals surface area contributed by atoms with E-state index in [9.17, 15) is 4.79 Å². The van der Waals surface area contributed by atoms with Crippen molar-refractivity contribution in [1.82, 2.24) is 25.1 Å². The molecule has 0 radical (unpaired) electrons. The fourth-order valence-corrected chi connectivity index (χ4v) is 5.38. The Bertz CT molecular complexity index is 1170. The van der Waals surface area contributed by atoms with Gasteiger partial charge in [0.25, 0.3) is 5.91 Å². The van der Waals surface area contributed by atoms with Gasteiger partial charge < -0.3 is 5.32 Å². The number of carbonyl (C=O) groups excluding carboxylic acids is 1. The molecule has 0 bridgehead atoms. The molecule has 4 aromatic rings. The van der Waals surface area contributed by atoms with Gasteiger partial charge in [-0.1, -0.05) is 36.9 Å². The van der Waals surface area contributed by atoms with Crippen molar-refractivity contribution < 1.29 is 4.79 Å². The van der Waals surface area contributed by atoms with Gasteiger partial charge in [-0.2, -0.15) is 0 Å². The summed E-state index contributed by atoms with van der Waals surface area (Å²) in [7, 11) is 0. The minimum atomic E-state index is -0.121. The highest BCUT2D eigenvalue weighted by Gasteiger charge is 2.18. The third-order valence-corrected chi connectivity index (χ3v) is 7.57. The summed E-state index contributed by atoms with van der Waals surface area (Å²) in [6.45, 7) is 6.11. The molecule has 0 aliphatic rings. The monoisotopic (exact) mass is 469 g/mol. The predicted molar refractivity (Wildman–Crippen MR) is 128 cm³/mol. The molecule has 0 aliphatic heterocycles. The predicted octanol–water partition coefficient (Wildman–Crippen LogP) is 5.58. The molecular weight excluding hydrogens is 446 g/mol. The summed E-state index contributed by atoms with van der Waals surface area (Å²) in [5.74, 6) is 1.33. The number of nitrogens with one attached hydrogen (secondary N) is 1. The van der Waals surface area contributed by atoms with Crippen molar-refractivity contribution in [2.24, 2.45) is 0 Å². The molecule has 6 nitrogen and oxygen atoms in total. The lowest BCUT2D eigenvalue weighted by Gasteiger charge is -2.10. The van der Waals surface area contributed by atoms with Crippen molar-refractivity contribution in [3.05, 3.63) is 63.4 Å². The average molecular weight is 470 g/mol. The highest BCUT2D eigenvalue weighted by molar-refractivity contribution is 7.98. The zero-order valence-corrected chi connectivity index (χ0v) is 20.0. The van der Waals surface area contributed by atoms with Crippen molar-refractivity contribution in [2.75, 3.05) is 0 Å². The van der Waals surface area contributed by atoms with E-state index in [0.29, 0.717) is 11.4 Å². The number of nitrogens with zero attached hydrogens (tertiary/aromatic N) is 4. The lowest BCUT2D eigenvalue weighted by Crippen LogP contribution is -2.32. The van der Waals surface area contributed by atoms with Crippen LogP contribution in [-0.4, -0.2) is 31.7 Å². The summed E-state index contributed by atoms with van der Waals surface area (Å²) in [4.78, 5) is 17.9. The van der Waals surface area contributed by atoms with Crippen LogP contribution in [0.4, 0.5) is 0 Å². The maximum absolute atomic E-state index is 12.3. The van der Waals surface area contributed by atoms with E-state index in [2.05, 4.69) is 56.3 Å². The molecule has 1 amide bonds. The van der Waals surface area contributed by atoms with E-state index < -0.39 is 0 Å². The molecule has 0 saturated carbocycles. The minimum Gasteiger partial charge on any atom is -0.348 e. The molecule has 1 aromatic carbocycles. The molecule has 1 N–H and O–H groups in total. The fourth-order valence-electron chi connectivity index (χ4n) is 2.94. The third-order valence-electron chi connectivity index (χ3n) is 4.73. The Morgan fingerprint density at radius 3 is 2.84 bits per heavy atom. The number of thiazole rings is 1. The van der Waals surface area contributed by atoms with E-state index in [-0.39, 0.29) is 11.9 Å². The largest absolute Gasteiger partial charge is 0.348 e. The standard InChI is InChI=1S/C22H23N5OS3/c1-4-15(3)23-21(28)17-12-30-19(24-17)13-31-22-26-25-20(18-9-6-10-29-18)27(22)16-8-5-7-14(2)11-16/h5-12,15H,4,13H2,1-3H3,(H,23,28). The Balaban J connectivity index is 1.56. The van der Waals surface area contributed by atoms with Crippen LogP contribution in [0.25, 0.3) is 16.4 Å². The molecule has 31 heavy (non-hydrogen) atoms. The van der Waals surface area contributed by atoms with Gasteiger partial charge >= 0.3 is 0 Å². The van der Waals surface area contributed by atoms with Crippen LogP contribution in [-0.2, 0) is 5.75 Å². The number of hydrogen-bond acceptors (Lipinski definition) is 7. The number of amides is 1. The Hall–Kier alpha value is -2.49. The van der Waals surface area contributed by atoms with Crippen molar-refractivity contribution >= 4 is 40.3 Å². The van der Waals surface area contributed by atoms with Gasteiger partial charge in [-0.05, 0) is 49.4 Å². The molecule has 3 heterocycles. The Kier molecular flexibility index (Phi) is 6.84. The van der Waals surface area contributed by atoms with E-state index in [1.54, 1.807) is 23.1 Å². The van der Waals surface area contributed by atoms with E-state index >= 15 is 0 Å². The third kappa shape index (κ3) is 5.06. The molecule has 0 fully saturated rings. The second-order valence-corrected chi connectivity index (χ2v) is 9.99. The summed E-state index contributed by atoms with van der Waals surface area (Å²) in [5, 5.41) is 17.4. The summed E-state index contributed by atoms with van der Waals surface area (Å²) in [5.41, 5.74) is 2.68. The van der Waals surface area contributed by atoms with Gasteiger partial charge in [-0.15, -0.1) is 32.9 Å². The van der Waals surface area contributed by atoms with Crippen molar-refractivity contribution in [1.29, 1.82) is 0 Å². The average Bonchev–Trinajstić information content (AvgIpc) is 3.52. The zero-order chi connectivity index (χ0) is 21.8. The molecule has 1 atom stereocenters. The van der Waals surface area contributed by atoms with Gasteiger partial charge in [0, 0.05) is 11.4 Å². The number of rotatable bonds is 8. The van der Waals surface area contributed by atoms with Crippen LogP contribution >= 0.6 is 34.4 Å². The van der Waals surface area contributed by atoms with Crippen LogP contribution in [0, 0.1) is 6.92 Å². The minimum absolute atomic E-state index is 0.121. The van der Waals surface area contributed by atoms with Gasteiger partial charge in [-0.3, -0.25) is 9.36 Å². The number of thiophene rings is 1. The van der Waals surface area contributed by atoms with Crippen LogP contribution in [0.2, 0.25) is 0 Å². The van der Waals surface area contributed by atoms with Crippen molar-refractivity contribution in [3.8, 4) is 16.4 Å². The molecular formula is C22H23N5OS3. The molecule has 160 valence electrons. The van der Waals surface area contributed by atoms with E-state index in [0.717, 1.165) is 33.0 Å². The van der Waals surface area contributed by atoms with Gasteiger partial charge in [0.2, 0.25) is 0 Å². The summed E-state index contributed by atoms with van der Waals surface area (Å²) >= 11 is 4.71. The number of aryl methyl sites for hydroxylation is 1. The zero-order valence-electron chi connectivity index (χ0n) is 17.5. The summed E-state index contributed by atoms with van der Waals surface area (Å²) in [6, 6.07) is 12.5. The molecule has 4 rings (SSSR count). The normalized spacial score (nSPS) is 12.1. The van der Waals surface area contributed by atoms with Crippen LogP contribution < -0.4 is 5.32 Å². The first-order valence-electron chi connectivity index (χ1n) is 9.99. The Morgan fingerprint density at radius 2 is 2.10 bits per heavy atom. The maximum atomic E-state index is 12.3. The SMILES string of the molecule is CCC(C)NC(=O)c1csc(CSc2nnc(-c3cccs3)n2-c2cccc(C)c2)n1. The van der Waals surface area contributed by atoms with Crippen LogP contribution in [0.3, 0.4) is 0 Å². The smallest absolute Gasteiger partial charge is 0.270 e. The number of hydrogen-bond donors (Lipinski definition) is 1. The topological polar surface area (TPSA) is 72.7 Å². The molecule has 1 unspecified atom stereocenters. The summed E-state index contributed by atoms with van der Waals surface area (Å²) < 4.78 is 2.09. The van der Waals surface area contributed by atoms with E-state index in [1.807, 2.05) is 36.7 Å².